The molecule has 142 valence electrons. The molecule has 3 aliphatic rings. The molecule has 0 spiro atoms. The number of amides is 1. The monoisotopic (exact) mass is 375 g/mol. The van der Waals surface area contributed by atoms with Crippen molar-refractivity contribution in [1.29, 1.82) is 0 Å². The standard InChI is InChI=1S/C20H29N3O2S/c1-12-7-13(10-20(2,3)9-12)21-17(24)8-14-11-26-19-22-16-6-4-5-15(16)18(25)23(14)19/h12-14H,4-11H2,1-3H3,(H,21,24). The van der Waals surface area contributed by atoms with Crippen LogP contribution in [0.5, 0.6) is 0 Å². The van der Waals surface area contributed by atoms with Crippen molar-refractivity contribution >= 4 is 17.7 Å². The first-order valence-corrected chi connectivity index (χ1v) is 10.9. The largest absolute Gasteiger partial charge is 0.353 e. The first-order valence-electron chi connectivity index (χ1n) is 9.89. The van der Waals surface area contributed by atoms with E-state index in [2.05, 4.69) is 26.1 Å². The number of fused-ring (bicyclic) bond motifs is 2. The second-order valence-electron chi connectivity index (χ2n) is 9.20. The molecule has 5 nitrogen and oxygen atoms in total. The van der Waals surface area contributed by atoms with Gasteiger partial charge in [-0.05, 0) is 49.9 Å². The van der Waals surface area contributed by atoms with Crippen LogP contribution >= 0.6 is 11.8 Å². The highest BCUT2D eigenvalue weighted by atomic mass is 32.2. The first kappa shape index (κ1) is 18.1. The van der Waals surface area contributed by atoms with E-state index < -0.39 is 0 Å². The predicted molar refractivity (Wildman–Crippen MR) is 104 cm³/mol. The first-order chi connectivity index (χ1) is 12.3. The Kier molecular flexibility index (Phi) is 4.66. The van der Waals surface area contributed by atoms with Gasteiger partial charge >= 0.3 is 0 Å². The average Bonchev–Trinajstić information content (AvgIpc) is 3.12. The van der Waals surface area contributed by atoms with Crippen molar-refractivity contribution < 1.29 is 4.79 Å². The van der Waals surface area contributed by atoms with Gasteiger partial charge in [0.1, 0.15) is 0 Å². The summed E-state index contributed by atoms with van der Waals surface area (Å²) in [4.78, 5) is 30.2. The summed E-state index contributed by atoms with van der Waals surface area (Å²) in [6.45, 7) is 6.85. The molecular formula is C20H29N3O2S. The second kappa shape index (κ2) is 6.70. The van der Waals surface area contributed by atoms with Crippen molar-refractivity contribution in [2.45, 2.75) is 83.0 Å². The normalized spacial score (nSPS) is 29.3. The summed E-state index contributed by atoms with van der Waals surface area (Å²) in [5, 5.41) is 4.06. The molecule has 1 fully saturated rings. The number of nitrogens with zero attached hydrogens (tertiary/aromatic N) is 2. The van der Waals surface area contributed by atoms with E-state index in [9.17, 15) is 9.59 Å². The zero-order valence-electron chi connectivity index (χ0n) is 16.0. The van der Waals surface area contributed by atoms with Gasteiger partial charge in [-0.15, -0.1) is 0 Å². The lowest BCUT2D eigenvalue weighted by molar-refractivity contribution is -0.123. The topological polar surface area (TPSA) is 64.0 Å². The summed E-state index contributed by atoms with van der Waals surface area (Å²) in [6.07, 6.45) is 6.46. The highest BCUT2D eigenvalue weighted by Gasteiger charge is 2.34. The van der Waals surface area contributed by atoms with Gasteiger partial charge in [0, 0.05) is 23.8 Å². The maximum absolute atomic E-state index is 12.8. The molecule has 0 radical (unpaired) electrons. The Balaban J connectivity index is 1.45. The quantitative estimate of drug-likeness (QED) is 0.825. The zero-order valence-corrected chi connectivity index (χ0v) is 16.8. The molecule has 1 saturated carbocycles. The fourth-order valence-corrected chi connectivity index (χ4v) is 6.41. The minimum atomic E-state index is -0.0603. The molecule has 1 aromatic rings. The number of aromatic nitrogens is 2. The van der Waals surface area contributed by atoms with Gasteiger partial charge in [-0.2, -0.15) is 0 Å². The summed E-state index contributed by atoms with van der Waals surface area (Å²) in [6, 6.07) is 0.194. The summed E-state index contributed by atoms with van der Waals surface area (Å²) in [7, 11) is 0. The Morgan fingerprint density at radius 1 is 1.35 bits per heavy atom. The van der Waals surface area contributed by atoms with Crippen LogP contribution in [-0.2, 0) is 17.6 Å². The Bertz CT molecular complexity index is 786. The number of hydrogen-bond donors (Lipinski definition) is 1. The molecule has 2 heterocycles. The maximum atomic E-state index is 12.8. The van der Waals surface area contributed by atoms with E-state index in [0.29, 0.717) is 12.3 Å². The Hall–Kier alpha value is -1.30. The van der Waals surface area contributed by atoms with Crippen LogP contribution in [0, 0.1) is 11.3 Å². The Morgan fingerprint density at radius 3 is 2.92 bits per heavy atom. The molecule has 3 unspecified atom stereocenters. The molecule has 0 saturated heterocycles. The Morgan fingerprint density at radius 2 is 2.15 bits per heavy atom. The van der Waals surface area contributed by atoms with Crippen LogP contribution in [0.3, 0.4) is 0 Å². The summed E-state index contributed by atoms with van der Waals surface area (Å²) < 4.78 is 1.79. The van der Waals surface area contributed by atoms with E-state index in [1.807, 2.05) is 0 Å². The smallest absolute Gasteiger partial charge is 0.257 e. The lowest BCUT2D eigenvalue weighted by Crippen LogP contribution is -2.43. The highest BCUT2D eigenvalue weighted by molar-refractivity contribution is 7.99. The van der Waals surface area contributed by atoms with Gasteiger partial charge in [0.2, 0.25) is 5.91 Å². The third-order valence-electron chi connectivity index (χ3n) is 6.05. The van der Waals surface area contributed by atoms with Gasteiger partial charge in [-0.1, -0.05) is 32.5 Å². The molecule has 0 bridgehead atoms. The van der Waals surface area contributed by atoms with Crippen LogP contribution in [0.15, 0.2) is 9.95 Å². The third-order valence-corrected chi connectivity index (χ3v) is 7.14. The van der Waals surface area contributed by atoms with Crippen molar-refractivity contribution in [2.24, 2.45) is 11.3 Å². The number of carbonyl (C=O) groups is 1. The van der Waals surface area contributed by atoms with E-state index in [4.69, 9.17) is 4.98 Å². The van der Waals surface area contributed by atoms with E-state index >= 15 is 0 Å². The lowest BCUT2D eigenvalue weighted by atomic mass is 9.70. The molecule has 3 atom stereocenters. The fraction of sp³-hybridized carbons (Fsp3) is 0.750. The van der Waals surface area contributed by atoms with Crippen LogP contribution in [0.25, 0.3) is 0 Å². The SMILES string of the molecule is CC1CC(NC(=O)CC2CSc3nc4c(c(=O)n32)CCC4)CC(C)(C)C1. The summed E-state index contributed by atoms with van der Waals surface area (Å²) >= 11 is 1.62. The minimum absolute atomic E-state index is 0.0603. The number of hydrogen-bond acceptors (Lipinski definition) is 4. The van der Waals surface area contributed by atoms with Gasteiger partial charge < -0.3 is 5.32 Å². The molecule has 0 aromatic carbocycles. The molecule has 26 heavy (non-hydrogen) atoms. The molecule has 1 amide bonds. The fourth-order valence-electron chi connectivity index (χ4n) is 5.26. The predicted octanol–water partition coefficient (Wildman–Crippen LogP) is 3.10. The van der Waals surface area contributed by atoms with Gasteiger partial charge in [-0.3, -0.25) is 14.2 Å². The average molecular weight is 376 g/mol. The lowest BCUT2D eigenvalue weighted by Gasteiger charge is -2.39. The van der Waals surface area contributed by atoms with Crippen LogP contribution in [0.2, 0.25) is 0 Å². The number of thioether (sulfide) groups is 1. The highest BCUT2D eigenvalue weighted by Crippen LogP contribution is 2.39. The van der Waals surface area contributed by atoms with Crippen molar-refractivity contribution in [3.8, 4) is 0 Å². The minimum Gasteiger partial charge on any atom is -0.353 e. The van der Waals surface area contributed by atoms with Crippen molar-refractivity contribution in [3.05, 3.63) is 21.6 Å². The van der Waals surface area contributed by atoms with E-state index in [1.165, 1.54) is 6.42 Å². The molecular weight excluding hydrogens is 346 g/mol. The van der Waals surface area contributed by atoms with Gasteiger partial charge in [-0.25, -0.2) is 4.98 Å². The maximum Gasteiger partial charge on any atom is 0.257 e. The van der Waals surface area contributed by atoms with Crippen LogP contribution in [-0.4, -0.2) is 27.3 Å². The molecule has 1 aromatic heterocycles. The summed E-state index contributed by atoms with van der Waals surface area (Å²) in [5.74, 6) is 1.48. The number of carbonyl (C=O) groups excluding carboxylic acids is 1. The molecule has 2 aliphatic carbocycles. The van der Waals surface area contributed by atoms with Crippen LogP contribution in [0.4, 0.5) is 0 Å². The van der Waals surface area contributed by atoms with Gasteiger partial charge in [0.15, 0.2) is 5.16 Å². The van der Waals surface area contributed by atoms with Crippen LogP contribution < -0.4 is 10.9 Å². The zero-order chi connectivity index (χ0) is 18.5. The Labute approximate surface area is 159 Å². The molecule has 1 N–H and O–H groups in total. The molecule has 1 aliphatic heterocycles. The van der Waals surface area contributed by atoms with Gasteiger partial charge in [0.05, 0.1) is 11.7 Å². The van der Waals surface area contributed by atoms with Crippen molar-refractivity contribution in [1.82, 2.24) is 14.9 Å². The van der Waals surface area contributed by atoms with Crippen molar-refractivity contribution in [2.75, 3.05) is 5.75 Å². The van der Waals surface area contributed by atoms with Gasteiger partial charge in [0.25, 0.3) is 5.56 Å². The van der Waals surface area contributed by atoms with E-state index in [0.717, 1.165) is 54.3 Å². The third kappa shape index (κ3) is 3.45. The second-order valence-corrected chi connectivity index (χ2v) is 10.2. The molecule has 6 heteroatoms. The number of aryl methyl sites for hydroxylation is 1. The van der Waals surface area contributed by atoms with Crippen LogP contribution in [0.1, 0.15) is 70.2 Å². The summed E-state index contributed by atoms with van der Waals surface area (Å²) in [5.41, 5.74) is 2.24. The van der Waals surface area contributed by atoms with Crippen molar-refractivity contribution in [3.63, 3.8) is 0 Å². The van der Waals surface area contributed by atoms with E-state index in [1.54, 1.807) is 16.3 Å². The number of rotatable bonds is 3. The number of nitrogens with one attached hydrogen (secondary N) is 1. The molecule has 4 rings (SSSR count). The van der Waals surface area contributed by atoms with E-state index in [-0.39, 0.29) is 29.0 Å².